The number of aromatic nitrogens is 1. The van der Waals surface area contributed by atoms with Gasteiger partial charge in [0.1, 0.15) is 0 Å². The van der Waals surface area contributed by atoms with Crippen LogP contribution in [-0.4, -0.2) is 4.57 Å². The molecule has 1 aliphatic rings. The molecule has 3 rings (SSSR count). The second-order valence-electron chi connectivity index (χ2n) is 4.35. The van der Waals surface area contributed by atoms with E-state index in [2.05, 4.69) is 48.6 Å². The summed E-state index contributed by atoms with van der Waals surface area (Å²) in [6.45, 7) is 0. The highest BCUT2D eigenvalue weighted by atomic mass is 79.9. The quantitative estimate of drug-likeness (QED) is 0.554. The van der Waals surface area contributed by atoms with Crippen LogP contribution in [0.4, 0.5) is 0 Å². The van der Waals surface area contributed by atoms with Gasteiger partial charge in [-0.25, -0.2) is 0 Å². The van der Waals surface area contributed by atoms with Crippen LogP contribution < -0.4 is 0 Å². The fourth-order valence-electron chi connectivity index (χ4n) is 2.40. The molecule has 0 saturated heterocycles. The number of hydrogen-bond donors (Lipinski definition) is 0. The van der Waals surface area contributed by atoms with E-state index in [0.717, 1.165) is 25.0 Å². The fourth-order valence-corrected chi connectivity index (χ4v) is 5.32. The third kappa shape index (κ3) is 2.15. The lowest BCUT2D eigenvalue weighted by molar-refractivity contribution is 0.665. The Morgan fingerprint density at radius 1 is 1.11 bits per heavy atom. The molecular weight excluding hydrogens is 394 g/mol. The fraction of sp³-hybridized carbons (Fsp3) is 0.308. The number of fused-ring (bicyclic) bond motifs is 1. The van der Waals surface area contributed by atoms with E-state index in [-0.39, 0.29) is 0 Å². The van der Waals surface area contributed by atoms with Gasteiger partial charge in [0, 0.05) is 19.5 Å². The highest BCUT2D eigenvalue weighted by molar-refractivity contribution is 9.11. The van der Waals surface area contributed by atoms with E-state index in [9.17, 15) is 0 Å². The summed E-state index contributed by atoms with van der Waals surface area (Å²) in [7, 11) is 0. The Bertz CT molecular complexity index is 637. The standard InChI is InChI=1S/C13H11Br2NS2/c14-8-4-3-5-9(15)12(8)16-10-6-1-2-7-11(10)18-13(16)17/h3-5H,1-2,6-7H2. The van der Waals surface area contributed by atoms with Crippen molar-refractivity contribution < 1.29 is 0 Å². The van der Waals surface area contributed by atoms with Crippen molar-refractivity contribution in [2.45, 2.75) is 25.7 Å². The Balaban J connectivity index is 2.29. The molecule has 0 saturated carbocycles. The van der Waals surface area contributed by atoms with Crippen LogP contribution >= 0.6 is 55.4 Å². The SMILES string of the molecule is S=c1sc2c(n1-c1c(Br)cccc1Br)CCCC2. The molecule has 0 fully saturated rings. The highest BCUT2D eigenvalue weighted by Crippen LogP contribution is 2.36. The molecule has 0 unspecified atom stereocenters. The van der Waals surface area contributed by atoms with Crippen molar-refractivity contribution >= 4 is 55.4 Å². The van der Waals surface area contributed by atoms with E-state index in [1.807, 2.05) is 6.07 Å². The summed E-state index contributed by atoms with van der Waals surface area (Å²) in [4.78, 5) is 1.47. The molecule has 1 aliphatic carbocycles. The summed E-state index contributed by atoms with van der Waals surface area (Å²) in [5.41, 5.74) is 2.55. The van der Waals surface area contributed by atoms with Gasteiger partial charge in [-0.3, -0.25) is 4.57 Å². The maximum atomic E-state index is 5.56. The van der Waals surface area contributed by atoms with Crippen LogP contribution in [0.5, 0.6) is 0 Å². The number of nitrogens with zero attached hydrogens (tertiary/aromatic N) is 1. The zero-order valence-corrected chi connectivity index (χ0v) is 14.4. The van der Waals surface area contributed by atoms with E-state index in [0.29, 0.717) is 0 Å². The van der Waals surface area contributed by atoms with Crippen molar-refractivity contribution in [2.24, 2.45) is 0 Å². The summed E-state index contributed by atoms with van der Waals surface area (Å²) in [5, 5.41) is 0. The molecule has 1 aromatic carbocycles. The number of hydrogen-bond acceptors (Lipinski definition) is 2. The first-order valence-electron chi connectivity index (χ1n) is 5.86. The number of aryl methyl sites for hydroxylation is 1. The Morgan fingerprint density at radius 3 is 2.50 bits per heavy atom. The molecule has 1 heterocycles. The number of rotatable bonds is 1. The van der Waals surface area contributed by atoms with Crippen LogP contribution in [0.1, 0.15) is 23.4 Å². The second-order valence-corrected chi connectivity index (χ2v) is 7.79. The number of para-hydroxylation sites is 1. The maximum absolute atomic E-state index is 5.56. The lowest BCUT2D eigenvalue weighted by Crippen LogP contribution is -2.07. The van der Waals surface area contributed by atoms with Crippen molar-refractivity contribution in [2.75, 3.05) is 0 Å². The average Bonchev–Trinajstić information content (AvgIpc) is 2.66. The predicted molar refractivity (Wildman–Crippen MR) is 86.5 cm³/mol. The second kappa shape index (κ2) is 5.19. The van der Waals surface area contributed by atoms with E-state index in [4.69, 9.17) is 12.2 Å². The van der Waals surface area contributed by atoms with Gasteiger partial charge < -0.3 is 0 Å². The average molecular weight is 405 g/mol. The summed E-state index contributed by atoms with van der Waals surface area (Å²) in [6.07, 6.45) is 4.87. The zero-order valence-electron chi connectivity index (χ0n) is 9.58. The molecular formula is C13H11Br2NS2. The zero-order chi connectivity index (χ0) is 12.7. The van der Waals surface area contributed by atoms with Gasteiger partial charge in [0.2, 0.25) is 0 Å². The molecule has 0 bridgehead atoms. The lowest BCUT2D eigenvalue weighted by Gasteiger charge is -2.16. The van der Waals surface area contributed by atoms with Crippen LogP contribution in [0.2, 0.25) is 0 Å². The molecule has 1 nitrogen and oxygen atoms in total. The first-order valence-corrected chi connectivity index (χ1v) is 8.67. The van der Waals surface area contributed by atoms with Crippen LogP contribution in [0.3, 0.4) is 0 Å². The van der Waals surface area contributed by atoms with Crippen molar-refractivity contribution in [1.82, 2.24) is 4.57 Å². The van der Waals surface area contributed by atoms with Crippen molar-refractivity contribution in [3.05, 3.63) is 41.7 Å². The van der Waals surface area contributed by atoms with E-state index < -0.39 is 0 Å². The van der Waals surface area contributed by atoms with Gasteiger partial charge in [-0.1, -0.05) is 6.07 Å². The lowest BCUT2D eigenvalue weighted by atomic mass is 10.0. The highest BCUT2D eigenvalue weighted by Gasteiger charge is 2.20. The van der Waals surface area contributed by atoms with Crippen LogP contribution in [0.25, 0.3) is 5.69 Å². The summed E-state index contributed by atoms with van der Waals surface area (Å²) >= 11 is 14.6. The Hall–Kier alpha value is 0.0300. The topological polar surface area (TPSA) is 4.93 Å². The van der Waals surface area contributed by atoms with Crippen molar-refractivity contribution in [1.29, 1.82) is 0 Å². The van der Waals surface area contributed by atoms with Crippen molar-refractivity contribution in [3.8, 4) is 5.69 Å². The summed E-state index contributed by atoms with van der Waals surface area (Å²) in [5.74, 6) is 0. The van der Waals surface area contributed by atoms with Gasteiger partial charge in [-0.2, -0.15) is 0 Å². The predicted octanol–water partition coefficient (Wildman–Crippen LogP) is 5.67. The largest absolute Gasteiger partial charge is 0.293 e. The molecule has 0 spiro atoms. The van der Waals surface area contributed by atoms with Gasteiger partial charge in [0.25, 0.3) is 0 Å². The monoisotopic (exact) mass is 403 g/mol. The van der Waals surface area contributed by atoms with Gasteiger partial charge in [-0.15, -0.1) is 11.3 Å². The molecule has 1 aromatic heterocycles. The third-order valence-corrected chi connectivity index (χ3v) is 5.97. The molecule has 0 radical (unpaired) electrons. The molecule has 0 atom stereocenters. The first kappa shape index (κ1) is 13.0. The van der Waals surface area contributed by atoms with Gasteiger partial charge in [0.05, 0.1) is 5.69 Å². The van der Waals surface area contributed by atoms with Gasteiger partial charge in [-0.05, 0) is 81.9 Å². The molecule has 5 heteroatoms. The Labute approximate surface area is 132 Å². The minimum Gasteiger partial charge on any atom is -0.293 e. The number of halogens is 2. The molecule has 0 N–H and O–H groups in total. The minimum absolute atomic E-state index is 0.953. The van der Waals surface area contributed by atoms with Crippen molar-refractivity contribution in [3.63, 3.8) is 0 Å². The van der Waals surface area contributed by atoms with Crippen LogP contribution in [0.15, 0.2) is 27.1 Å². The Kier molecular flexibility index (Phi) is 3.76. The normalized spacial score (nSPS) is 14.6. The van der Waals surface area contributed by atoms with E-state index >= 15 is 0 Å². The smallest absolute Gasteiger partial charge is 0.166 e. The minimum atomic E-state index is 0.953. The maximum Gasteiger partial charge on any atom is 0.166 e. The number of benzene rings is 1. The van der Waals surface area contributed by atoms with Crippen LogP contribution in [0, 0.1) is 3.95 Å². The molecule has 0 aliphatic heterocycles. The molecule has 18 heavy (non-hydrogen) atoms. The molecule has 2 aromatic rings. The summed E-state index contributed by atoms with van der Waals surface area (Å²) in [6, 6.07) is 6.16. The summed E-state index contributed by atoms with van der Waals surface area (Å²) < 4.78 is 5.36. The Morgan fingerprint density at radius 2 is 1.78 bits per heavy atom. The molecule has 94 valence electrons. The third-order valence-electron chi connectivity index (χ3n) is 3.21. The molecule has 0 amide bonds. The van der Waals surface area contributed by atoms with E-state index in [1.165, 1.54) is 29.8 Å². The van der Waals surface area contributed by atoms with E-state index in [1.54, 1.807) is 11.3 Å². The van der Waals surface area contributed by atoms with Crippen LogP contribution in [-0.2, 0) is 12.8 Å². The van der Waals surface area contributed by atoms with Gasteiger partial charge >= 0.3 is 0 Å². The van der Waals surface area contributed by atoms with Gasteiger partial charge in [0.15, 0.2) is 3.95 Å². The number of thiazole rings is 1. The first-order chi connectivity index (χ1) is 8.68.